The maximum atomic E-state index is 14.3. The monoisotopic (exact) mass is 705 g/mol. The van der Waals surface area contributed by atoms with E-state index in [4.69, 9.17) is 21.4 Å². The number of ether oxygens (including phenoxy) is 1. The zero-order chi connectivity index (χ0) is 35.1. The third-order valence-corrected chi connectivity index (χ3v) is 13.2. The third-order valence-electron chi connectivity index (χ3n) is 7.35. The molecule has 3 aromatic rings. The minimum atomic E-state index is -4.68. The van der Waals surface area contributed by atoms with E-state index in [1.54, 1.807) is 31.2 Å². The van der Waals surface area contributed by atoms with Gasteiger partial charge < -0.3 is 9.84 Å². The zero-order valence-corrected chi connectivity index (χ0v) is 29.9. The Kier molecular flexibility index (Phi) is 13.6. The van der Waals surface area contributed by atoms with Gasteiger partial charge in [-0.05, 0) is 90.5 Å². The predicted molar refractivity (Wildman–Crippen MR) is 185 cm³/mol. The Labute approximate surface area is 277 Å². The summed E-state index contributed by atoms with van der Waals surface area (Å²) in [6.07, 6.45) is 4.89. The van der Waals surface area contributed by atoms with Crippen molar-refractivity contribution in [2.24, 2.45) is 0 Å². The quantitative estimate of drug-likeness (QED) is 0.212. The maximum absolute atomic E-state index is 14.3. The molecule has 0 bridgehead atoms. The van der Waals surface area contributed by atoms with E-state index >= 15 is 0 Å². The van der Waals surface area contributed by atoms with Crippen molar-refractivity contribution in [3.63, 3.8) is 0 Å². The van der Waals surface area contributed by atoms with Gasteiger partial charge in [0.25, 0.3) is 10.0 Å². The lowest BCUT2D eigenvalue weighted by atomic mass is 10.0. The highest BCUT2D eigenvalue weighted by atomic mass is 35.5. The molecule has 0 aromatic heterocycles. The lowest BCUT2D eigenvalue weighted by Gasteiger charge is -2.40. The lowest BCUT2D eigenvalue weighted by Crippen LogP contribution is -2.38. The number of halogens is 5. The van der Waals surface area contributed by atoms with E-state index in [1.807, 2.05) is 6.92 Å². The van der Waals surface area contributed by atoms with Gasteiger partial charge in [0.15, 0.2) is 0 Å². The molecule has 46 heavy (non-hydrogen) atoms. The van der Waals surface area contributed by atoms with Gasteiger partial charge in [-0.1, -0.05) is 63.6 Å². The highest BCUT2D eigenvalue weighted by Crippen LogP contribution is 2.48. The number of benzene rings is 3. The highest BCUT2D eigenvalue weighted by Gasteiger charge is 2.35. The molecule has 1 aliphatic rings. The molecule has 0 atom stereocenters. The Balaban J connectivity index is 0.000000523. The number of anilines is 1. The van der Waals surface area contributed by atoms with Crippen molar-refractivity contribution in [1.29, 1.82) is 0 Å². The molecule has 1 heterocycles. The van der Waals surface area contributed by atoms with Crippen molar-refractivity contribution in [3.8, 4) is 5.75 Å². The summed E-state index contributed by atoms with van der Waals surface area (Å²) in [7, 11) is -4.66. The second-order valence-electron chi connectivity index (χ2n) is 12.3. The third kappa shape index (κ3) is 10.4. The summed E-state index contributed by atoms with van der Waals surface area (Å²) in [4.78, 5) is -0.481. The molecule has 1 aliphatic heterocycles. The number of alkyl halides is 3. The van der Waals surface area contributed by atoms with Gasteiger partial charge in [0.1, 0.15) is 18.2 Å². The summed E-state index contributed by atoms with van der Waals surface area (Å²) in [5.74, 6) is -0.239. The van der Waals surface area contributed by atoms with Gasteiger partial charge in [-0.15, -0.1) is 0 Å². The number of aliphatic hydroxyl groups excluding tert-OH is 1. The number of hydrogen-bond donors (Lipinski definition) is 1. The number of sulfonamides is 1. The molecule has 12 heteroatoms. The molecule has 5 nitrogen and oxygen atoms in total. The normalized spacial score (nSPS) is 14.2. The SMILES string of the molecule is C/C(=C\c1ccc2c(c1)N(S(=O)(=O)c1cccc(C(F)(F)F)c1)CCO2)c1c(F)cccc1Cl.CC(C)(C)S(C)(C)C.CCCO. The average molecular weight is 706 g/mol. The molecule has 0 unspecified atom stereocenters. The summed E-state index contributed by atoms with van der Waals surface area (Å²) < 4.78 is 87.4. The minimum Gasteiger partial charge on any atom is -0.489 e. The van der Waals surface area contributed by atoms with Gasteiger partial charge in [0.2, 0.25) is 0 Å². The number of nitrogens with zero attached hydrogens (tertiary/aromatic N) is 1. The van der Waals surface area contributed by atoms with Crippen LogP contribution in [0.15, 0.2) is 65.6 Å². The van der Waals surface area contributed by atoms with Crippen LogP contribution in [0.5, 0.6) is 5.75 Å². The van der Waals surface area contributed by atoms with Crippen LogP contribution in [0.3, 0.4) is 0 Å². The molecule has 0 spiro atoms. The summed E-state index contributed by atoms with van der Waals surface area (Å²) >= 11 is 6.13. The molecule has 4 rings (SSSR count). The first-order valence-corrected chi connectivity index (χ1v) is 19.2. The van der Waals surface area contributed by atoms with Crippen molar-refractivity contribution >= 4 is 49.0 Å². The number of fused-ring (bicyclic) bond motifs is 1. The molecule has 1 N–H and O–H groups in total. The van der Waals surface area contributed by atoms with Crippen LogP contribution in [0.2, 0.25) is 5.02 Å². The zero-order valence-electron chi connectivity index (χ0n) is 27.5. The number of aliphatic hydroxyl groups is 1. The van der Waals surface area contributed by atoms with E-state index < -0.39 is 32.5 Å². The molecule has 0 amide bonds. The summed E-state index contributed by atoms with van der Waals surface area (Å²) in [5.41, 5.74) is 0.366. The topological polar surface area (TPSA) is 66.8 Å². The minimum absolute atomic E-state index is 0.0320. The van der Waals surface area contributed by atoms with Crippen molar-refractivity contribution in [2.75, 3.05) is 42.8 Å². The predicted octanol–water partition coefficient (Wildman–Crippen LogP) is 9.51. The van der Waals surface area contributed by atoms with Crippen LogP contribution in [-0.4, -0.2) is 56.8 Å². The van der Waals surface area contributed by atoms with Gasteiger partial charge in [0, 0.05) is 12.2 Å². The smallest absolute Gasteiger partial charge is 0.416 e. The second kappa shape index (κ2) is 15.9. The summed E-state index contributed by atoms with van der Waals surface area (Å²) in [6, 6.07) is 12.7. The van der Waals surface area contributed by atoms with Crippen molar-refractivity contribution in [2.45, 2.75) is 56.9 Å². The number of hydrogen-bond acceptors (Lipinski definition) is 4. The maximum Gasteiger partial charge on any atom is 0.416 e. The van der Waals surface area contributed by atoms with Crippen LogP contribution >= 0.6 is 21.6 Å². The first kappa shape index (κ1) is 39.4. The van der Waals surface area contributed by atoms with Crippen LogP contribution in [0.4, 0.5) is 23.2 Å². The molecule has 0 saturated heterocycles. The Morgan fingerprint density at radius 2 is 1.61 bits per heavy atom. The van der Waals surface area contributed by atoms with Gasteiger partial charge in [-0.2, -0.15) is 13.2 Å². The van der Waals surface area contributed by atoms with E-state index in [9.17, 15) is 26.0 Å². The first-order valence-electron chi connectivity index (χ1n) is 14.5. The molecular formula is C34H44ClF4NO4S2. The van der Waals surface area contributed by atoms with Crippen LogP contribution in [0.1, 0.15) is 57.7 Å². The summed E-state index contributed by atoms with van der Waals surface area (Å²) in [5, 5.41) is 8.10. The largest absolute Gasteiger partial charge is 0.489 e. The van der Waals surface area contributed by atoms with E-state index in [0.717, 1.165) is 28.9 Å². The molecular weight excluding hydrogens is 662 g/mol. The van der Waals surface area contributed by atoms with E-state index in [-0.39, 0.29) is 45.2 Å². The number of allylic oxidation sites excluding steroid dienone is 1. The molecule has 0 aliphatic carbocycles. The van der Waals surface area contributed by atoms with Crippen molar-refractivity contribution < 1.29 is 35.8 Å². The van der Waals surface area contributed by atoms with Crippen LogP contribution in [0, 0.1) is 5.82 Å². The van der Waals surface area contributed by atoms with Gasteiger partial charge in [0.05, 0.1) is 27.7 Å². The van der Waals surface area contributed by atoms with Gasteiger partial charge in [-0.3, -0.25) is 4.31 Å². The molecule has 0 saturated carbocycles. The Morgan fingerprint density at radius 3 is 2.13 bits per heavy atom. The summed E-state index contributed by atoms with van der Waals surface area (Å²) in [6.45, 7) is 10.8. The fraction of sp³-hybridized carbons (Fsp3) is 0.412. The number of rotatable bonds is 5. The lowest BCUT2D eigenvalue weighted by molar-refractivity contribution is -0.137. The fourth-order valence-corrected chi connectivity index (χ4v) is 5.52. The fourth-order valence-electron chi connectivity index (χ4n) is 3.71. The van der Waals surface area contributed by atoms with E-state index in [2.05, 4.69) is 39.5 Å². The van der Waals surface area contributed by atoms with Crippen LogP contribution < -0.4 is 9.04 Å². The first-order chi connectivity index (χ1) is 21.1. The highest BCUT2D eigenvalue weighted by molar-refractivity contribution is 8.33. The van der Waals surface area contributed by atoms with Crippen molar-refractivity contribution in [3.05, 3.63) is 88.2 Å². The Bertz CT molecular complexity index is 1580. The molecule has 0 radical (unpaired) electrons. The molecule has 256 valence electrons. The van der Waals surface area contributed by atoms with E-state index in [1.165, 1.54) is 18.2 Å². The van der Waals surface area contributed by atoms with E-state index in [0.29, 0.717) is 28.6 Å². The van der Waals surface area contributed by atoms with Crippen molar-refractivity contribution in [1.82, 2.24) is 0 Å². The van der Waals surface area contributed by atoms with Crippen LogP contribution in [-0.2, 0) is 16.2 Å². The average Bonchev–Trinajstić information content (AvgIpc) is 2.95. The van der Waals surface area contributed by atoms with Gasteiger partial charge >= 0.3 is 6.18 Å². The van der Waals surface area contributed by atoms with Gasteiger partial charge in [-0.25, -0.2) is 22.8 Å². The standard InChI is InChI=1S/C24H18ClF4NO3S.C7H18S.C3H8O/c1-15(23-19(25)6-3-7-20(23)26)12-16-8-9-22-21(13-16)30(10-11-33-22)34(31,32)18-5-2-4-17(14-18)24(27,28)29;1-7(2,3)8(4,5)6;1-2-3-4/h2-9,12-14H,10-11H2,1H3;1-6H3;4H,2-3H2,1H3/b15-12+;;. The molecule has 0 fully saturated rings. The second-order valence-corrected chi connectivity index (χ2v) is 19.4. The molecule has 3 aromatic carbocycles. The van der Waals surface area contributed by atoms with Crippen LogP contribution in [0.25, 0.3) is 11.6 Å². The Hall–Kier alpha value is -2.73. The Morgan fingerprint density at radius 1 is 1.02 bits per heavy atom.